The standard InChI is InChI=1S/C23H17FN6/c24-19-3-2-17-14-30(15-18(17)13-19)23-27-12-8-21(29-23)22-26-11-7-20(28-22)4-1-16-5-9-25-10-6-16/h1-13H,14-15H2/b4-1+. The van der Waals surface area contributed by atoms with Gasteiger partial charge in [-0.2, -0.15) is 0 Å². The van der Waals surface area contributed by atoms with Crippen LogP contribution in [0.25, 0.3) is 23.7 Å². The summed E-state index contributed by atoms with van der Waals surface area (Å²) in [5, 5.41) is 0. The Kier molecular flexibility index (Phi) is 4.69. The summed E-state index contributed by atoms with van der Waals surface area (Å²) in [5.41, 5.74) is 4.51. The molecule has 0 radical (unpaired) electrons. The minimum absolute atomic E-state index is 0.227. The van der Waals surface area contributed by atoms with E-state index in [0.29, 0.717) is 30.6 Å². The van der Waals surface area contributed by atoms with Gasteiger partial charge in [0.2, 0.25) is 5.95 Å². The molecule has 0 spiro atoms. The summed E-state index contributed by atoms with van der Waals surface area (Å²) in [6.07, 6.45) is 10.8. The highest BCUT2D eigenvalue weighted by atomic mass is 19.1. The monoisotopic (exact) mass is 396 g/mol. The Morgan fingerprint density at radius 3 is 2.53 bits per heavy atom. The third-order valence-electron chi connectivity index (χ3n) is 4.88. The van der Waals surface area contributed by atoms with E-state index >= 15 is 0 Å². The number of anilines is 1. The Morgan fingerprint density at radius 1 is 0.800 bits per heavy atom. The number of benzene rings is 1. The predicted octanol–water partition coefficient (Wildman–Crippen LogP) is 4.16. The highest BCUT2D eigenvalue weighted by Gasteiger charge is 2.22. The van der Waals surface area contributed by atoms with E-state index < -0.39 is 0 Å². The summed E-state index contributed by atoms with van der Waals surface area (Å²) >= 11 is 0. The van der Waals surface area contributed by atoms with Crippen LogP contribution in [0.5, 0.6) is 0 Å². The summed E-state index contributed by atoms with van der Waals surface area (Å²) in [4.78, 5) is 24.1. The Bertz CT molecular complexity index is 1230. The van der Waals surface area contributed by atoms with Crippen molar-refractivity contribution in [3.8, 4) is 11.5 Å². The fourth-order valence-electron chi connectivity index (χ4n) is 3.37. The largest absolute Gasteiger partial charge is 0.332 e. The SMILES string of the molecule is Fc1ccc2c(c1)CN(c1nccc(-c3nccc(/C=C/c4ccncc4)n3)n1)C2. The Labute approximate surface area is 172 Å². The van der Waals surface area contributed by atoms with Crippen molar-refractivity contribution in [1.29, 1.82) is 0 Å². The summed E-state index contributed by atoms with van der Waals surface area (Å²) in [7, 11) is 0. The third kappa shape index (κ3) is 3.77. The Balaban J connectivity index is 1.39. The van der Waals surface area contributed by atoms with Crippen LogP contribution in [-0.2, 0) is 13.1 Å². The number of fused-ring (bicyclic) bond motifs is 1. The average molecular weight is 396 g/mol. The molecule has 0 unspecified atom stereocenters. The van der Waals surface area contributed by atoms with E-state index in [1.165, 1.54) is 6.07 Å². The van der Waals surface area contributed by atoms with Crippen LogP contribution in [0.15, 0.2) is 67.3 Å². The molecule has 0 N–H and O–H groups in total. The zero-order chi connectivity index (χ0) is 20.3. The Hall–Kier alpha value is -4.00. The molecule has 4 heterocycles. The van der Waals surface area contributed by atoms with Crippen LogP contribution < -0.4 is 4.90 Å². The summed E-state index contributed by atoms with van der Waals surface area (Å²) in [5.74, 6) is 0.874. The first-order chi connectivity index (χ1) is 14.7. The molecule has 0 aliphatic carbocycles. The molecular formula is C23H17FN6. The zero-order valence-corrected chi connectivity index (χ0v) is 16.0. The molecule has 0 saturated heterocycles. The van der Waals surface area contributed by atoms with E-state index in [9.17, 15) is 4.39 Å². The van der Waals surface area contributed by atoms with Crippen molar-refractivity contribution < 1.29 is 4.39 Å². The van der Waals surface area contributed by atoms with Gasteiger partial charge in [-0.15, -0.1) is 0 Å². The molecular weight excluding hydrogens is 379 g/mol. The van der Waals surface area contributed by atoms with Crippen molar-refractivity contribution in [3.63, 3.8) is 0 Å². The third-order valence-corrected chi connectivity index (χ3v) is 4.88. The lowest BCUT2D eigenvalue weighted by atomic mass is 10.1. The van der Waals surface area contributed by atoms with Crippen molar-refractivity contribution >= 4 is 18.1 Å². The highest BCUT2D eigenvalue weighted by molar-refractivity contribution is 5.68. The molecule has 4 aromatic rings. The molecule has 30 heavy (non-hydrogen) atoms. The molecule has 6 nitrogen and oxygen atoms in total. The van der Waals surface area contributed by atoms with Gasteiger partial charge in [-0.1, -0.05) is 12.1 Å². The fraction of sp³-hybridized carbons (Fsp3) is 0.0870. The number of hydrogen-bond donors (Lipinski definition) is 0. The van der Waals surface area contributed by atoms with E-state index in [0.717, 1.165) is 22.4 Å². The molecule has 0 fully saturated rings. The van der Waals surface area contributed by atoms with Gasteiger partial charge in [0.25, 0.3) is 0 Å². The maximum Gasteiger partial charge on any atom is 0.226 e. The van der Waals surface area contributed by atoms with E-state index in [2.05, 4.69) is 24.9 Å². The van der Waals surface area contributed by atoms with Crippen LogP contribution in [0.2, 0.25) is 0 Å². The minimum atomic E-state index is -0.227. The molecule has 1 aliphatic heterocycles. The van der Waals surface area contributed by atoms with Crippen LogP contribution in [0.1, 0.15) is 22.4 Å². The second-order valence-electron chi connectivity index (χ2n) is 6.93. The second-order valence-corrected chi connectivity index (χ2v) is 6.93. The van der Waals surface area contributed by atoms with Gasteiger partial charge in [-0.25, -0.2) is 24.3 Å². The maximum atomic E-state index is 13.5. The molecule has 0 bridgehead atoms. The summed E-state index contributed by atoms with van der Waals surface area (Å²) < 4.78 is 13.5. The smallest absolute Gasteiger partial charge is 0.226 e. The lowest BCUT2D eigenvalue weighted by molar-refractivity contribution is 0.626. The van der Waals surface area contributed by atoms with Crippen LogP contribution in [-0.4, -0.2) is 24.9 Å². The van der Waals surface area contributed by atoms with Crippen LogP contribution in [0.4, 0.5) is 10.3 Å². The first-order valence-electron chi connectivity index (χ1n) is 9.51. The topological polar surface area (TPSA) is 67.7 Å². The van der Waals surface area contributed by atoms with Gasteiger partial charge in [-0.3, -0.25) is 4.98 Å². The lowest BCUT2D eigenvalue weighted by Crippen LogP contribution is -2.17. The average Bonchev–Trinajstić information content (AvgIpc) is 3.22. The molecule has 0 saturated carbocycles. The van der Waals surface area contributed by atoms with E-state index in [-0.39, 0.29) is 5.82 Å². The number of pyridine rings is 1. The van der Waals surface area contributed by atoms with Gasteiger partial charge < -0.3 is 4.90 Å². The predicted molar refractivity (Wildman–Crippen MR) is 113 cm³/mol. The molecule has 7 heteroatoms. The summed E-state index contributed by atoms with van der Waals surface area (Å²) in [6.45, 7) is 1.22. The van der Waals surface area contributed by atoms with Crippen molar-refractivity contribution in [2.24, 2.45) is 0 Å². The Morgan fingerprint density at radius 2 is 1.63 bits per heavy atom. The first kappa shape index (κ1) is 18.1. The van der Waals surface area contributed by atoms with Crippen molar-refractivity contribution in [2.75, 3.05) is 4.90 Å². The van der Waals surface area contributed by atoms with Crippen molar-refractivity contribution in [1.82, 2.24) is 24.9 Å². The number of nitrogens with zero attached hydrogens (tertiary/aromatic N) is 6. The molecule has 3 aromatic heterocycles. The molecule has 1 aromatic carbocycles. The maximum absolute atomic E-state index is 13.5. The summed E-state index contributed by atoms with van der Waals surface area (Å²) in [6, 6.07) is 12.4. The second kappa shape index (κ2) is 7.79. The molecule has 5 rings (SSSR count). The molecule has 0 atom stereocenters. The highest BCUT2D eigenvalue weighted by Crippen LogP contribution is 2.27. The van der Waals surface area contributed by atoms with Gasteiger partial charge >= 0.3 is 0 Å². The van der Waals surface area contributed by atoms with Crippen molar-refractivity contribution in [2.45, 2.75) is 13.1 Å². The molecule has 146 valence electrons. The number of halogens is 1. The van der Waals surface area contributed by atoms with E-state index in [1.54, 1.807) is 36.9 Å². The number of rotatable bonds is 4. The van der Waals surface area contributed by atoms with Crippen LogP contribution in [0, 0.1) is 5.82 Å². The molecule has 0 amide bonds. The number of aromatic nitrogens is 5. The van der Waals surface area contributed by atoms with Crippen LogP contribution >= 0.6 is 0 Å². The van der Waals surface area contributed by atoms with E-state index in [1.807, 2.05) is 41.3 Å². The minimum Gasteiger partial charge on any atom is -0.332 e. The normalized spacial score (nSPS) is 13.0. The quantitative estimate of drug-likeness (QED) is 0.516. The van der Waals surface area contributed by atoms with Gasteiger partial charge in [0.1, 0.15) is 11.5 Å². The zero-order valence-electron chi connectivity index (χ0n) is 16.0. The van der Waals surface area contributed by atoms with E-state index in [4.69, 9.17) is 0 Å². The lowest BCUT2D eigenvalue weighted by Gasteiger charge is -2.15. The van der Waals surface area contributed by atoms with Gasteiger partial charge in [0, 0.05) is 37.9 Å². The van der Waals surface area contributed by atoms with Gasteiger partial charge in [0.05, 0.1) is 5.69 Å². The van der Waals surface area contributed by atoms with Crippen molar-refractivity contribution in [3.05, 3.63) is 95.5 Å². The first-order valence-corrected chi connectivity index (χ1v) is 9.51. The number of hydrogen-bond acceptors (Lipinski definition) is 6. The van der Waals surface area contributed by atoms with Gasteiger partial charge in [0.15, 0.2) is 5.82 Å². The van der Waals surface area contributed by atoms with Crippen LogP contribution in [0.3, 0.4) is 0 Å². The van der Waals surface area contributed by atoms with Gasteiger partial charge in [-0.05, 0) is 59.2 Å². The molecule has 1 aliphatic rings. The fourth-order valence-corrected chi connectivity index (χ4v) is 3.37.